The summed E-state index contributed by atoms with van der Waals surface area (Å²) in [4.78, 5) is 4.67. The second-order valence-corrected chi connectivity index (χ2v) is 6.98. The molecule has 1 aromatic heterocycles. The third kappa shape index (κ3) is 9.19. The predicted octanol–water partition coefficient (Wildman–Crippen LogP) is 2.85. The highest BCUT2D eigenvalue weighted by Gasteiger charge is 2.08. The normalized spacial score (nSPS) is 11.1. The summed E-state index contributed by atoms with van der Waals surface area (Å²) in [6.45, 7) is 9.74. The van der Waals surface area contributed by atoms with E-state index in [1.54, 1.807) is 7.11 Å². The zero-order valence-electron chi connectivity index (χ0n) is 19.8. The number of aryl methyl sites for hydroxylation is 1. The maximum Gasteiger partial charge on any atom is 0.191 e. The lowest BCUT2D eigenvalue weighted by molar-refractivity contribution is 0.195. The SMILES string of the molecule is CCOc1ccc(CCNC(=NCc2nnc(C)n2C)NCCCOC)cc1OCC.I. The van der Waals surface area contributed by atoms with E-state index < -0.39 is 0 Å². The summed E-state index contributed by atoms with van der Waals surface area (Å²) < 4.78 is 18.4. The molecule has 9 nitrogen and oxygen atoms in total. The molecule has 0 unspecified atom stereocenters. The number of hydrogen-bond acceptors (Lipinski definition) is 6. The fourth-order valence-electron chi connectivity index (χ4n) is 2.91. The number of nitrogens with zero attached hydrogens (tertiary/aromatic N) is 4. The minimum absolute atomic E-state index is 0. The Bertz CT molecular complexity index is 828. The van der Waals surface area contributed by atoms with Gasteiger partial charge in [0.15, 0.2) is 23.3 Å². The topological polar surface area (TPSA) is 94.8 Å². The van der Waals surface area contributed by atoms with Crippen molar-refractivity contribution in [2.75, 3.05) is 40.0 Å². The molecule has 0 bridgehead atoms. The Balaban J connectivity index is 0.00000512. The molecule has 0 spiro atoms. The van der Waals surface area contributed by atoms with Crippen LogP contribution in [0.3, 0.4) is 0 Å². The van der Waals surface area contributed by atoms with Gasteiger partial charge < -0.3 is 29.4 Å². The van der Waals surface area contributed by atoms with Crippen molar-refractivity contribution >= 4 is 29.9 Å². The third-order valence-corrected chi connectivity index (χ3v) is 4.69. The molecule has 1 heterocycles. The molecule has 2 rings (SSSR count). The van der Waals surface area contributed by atoms with Crippen LogP contribution < -0.4 is 20.1 Å². The average Bonchev–Trinajstić information content (AvgIpc) is 3.08. The van der Waals surface area contributed by atoms with Crippen molar-refractivity contribution in [3.63, 3.8) is 0 Å². The van der Waals surface area contributed by atoms with E-state index in [-0.39, 0.29) is 24.0 Å². The summed E-state index contributed by atoms with van der Waals surface area (Å²) in [6.07, 6.45) is 1.73. The first kappa shape index (κ1) is 28.0. The van der Waals surface area contributed by atoms with Crippen molar-refractivity contribution in [3.8, 4) is 11.5 Å². The fourth-order valence-corrected chi connectivity index (χ4v) is 2.91. The van der Waals surface area contributed by atoms with Gasteiger partial charge in [0.2, 0.25) is 0 Å². The summed E-state index contributed by atoms with van der Waals surface area (Å²) in [7, 11) is 3.65. The van der Waals surface area contributed by atoms with Crippen LogP contribution in [0.4, 0.5) is 0 Å². The molecule has 0 amide bonds. The van der Waals surface area contributed by atoms with Crippen LogP contribution in [-0.4, -0.2) is 60.7 Å². The molecule has 0 saturated heterocycles. The van der Waals surface area contributed by atoms with Crippen LogP contribution in [-0.2, 0) is 24.8 Å². The number of benzene rings is 1. The van der Waals surface area contributed by atoms with Gasteiger partial charge in [0.05, 0.1) is 13.2 Å². The number of guanidine groups is 1. The summed E-state index contributed by atoms with van der Waals surface area (Å²) in [5.41, 5.74) is 1.17. The van der Waals surface area contributed by atoms with Crippen molar-refractivity contribution in [2.24, 2.45) is 12.0 Å². The Morgan fingerprint density at radius 1 is 1.06 bits per heavy atom. The lowest BCUT2D eigenvalue weighted by Crippen LogP contribution is -2.39. The van der Waals surface area contributed by atoms with E-state index in [1.807, 2.05) is 44.5 Å². The number of halogens is 1. The Hall–Kier alpha value is -2.08. The number of rotatable bonds is 13. The van der Waals surface area contributed by atoms with E-state index in [0.29, 0.717) is 26.4 Å². The lowest BCUT2D eigenvalue weighted by Gasteiger charge is -2.14. The first-order valence-electron chi connectivity index (χ1n) is 10.8. The summed E-state index contributed by atoms with van der Waals surface area (Å²) >= 11 is 0. The minimum Gasteiger partial charge on any atom is -0.490 e. The van der Waals surface area contributed by atoms with Crippen molar-refractivity contribution < 1.29 is 14.2 Å². The second kappa shape index (κ2) is 15.7. The maximum absolute atomic E-state index is 5.73. The predicted molar refractivity (Wildman–Crippen MR) is 137 cm³/mol. The van der Waals surface area contributed by atoms with Crippen LogP contribution in [0, 0.1) is 6.92 Å². The van der Waals surface area contributed by atoms with Gasteiger partial charge in [0, 0.05) is 33.9 Å². The van der Waals surface area contributed by atoms with Gasteiger partial charge in [-0.15, -0.1) is 34.2 Å². The van der Waals surface area contributed by atoms with Crippen LogP contribution in [0.2, 0.25) is 0 Å². The van der Waals surface area contributed by atoms with E-state index >= 15 is 0 Å². The highest BCUT2D eigenvalue weighted by molar-refractivity contribution is 14.0. The van der Waals surface area contributed by atoms with Gasteiger partial charge >= 0.3 is 0 Å². The highest BCUT2D eigenvalue weighted by Crippen LogP contribution is 2.28. The first-order valence-corrected chi connectivity index (χ1v) is 10.8. The number of methoxy groups -OCH3 is 1. The Morgan fingerprint density at radius 2 is 1.78 bits per heavy atom. The van der Waals surface area contributed by atoms with Crippen LogP contribution in [0.25, 0.3) is 0 Å². The quantitative estimate of drug-likeness (QED) is 0.168. The Morgan fingerprint density at radius 3 is 2.44 bits per heavy atom. The molecule has 0 radical (unpaired) electrons. The van der Waals surface area contributed by atoms with Gasteiger partial charge in [-0.25, -0.2) is 4.99 Å². The molecule has 0 aliphatic rings. The van der Waals surface area contributed by atoms with Crippen molar-refractivity contribution in [1.29, 1.82) is 0 Å². The molecular weight excluding hydrogens is 523 g/mol. The van der Waals surface area contributed by atoms with E-state index in [9.17, 15) is 0 Å². The summed E-state index contributed by atoms with van der Waals surface area (Å²) in [6, 6.07) is 6.08. The maximum atomic E-state index is 5.73. The smallest absolute Gasteiger partial charge is 0.191 e. The number of nitrogens with one attached hydrogen (secondary N) is 2. The molecule has 0 aliphatic carbocycles. The molecule has 0 aliphatic heterocycles. The molecule has 2 N–H and O–H groups in total. The zero-order valence-corrected chi connectivity index (χ0v) is 22.1. The highest BCUT2D eigenvalue weighted by atomic mass is 127. The Kier molecular flexibility index (Phi) is 13.7. The van der Waals surface area contributed by atoms with E-state index in [1.165, 1.54) is 5.56 Å². The molecular formula is C22H37IN6O3. The van der Waals surface area contributed by atoms with Crippen LogP contribution in [0.15, 0.2) is 23.2 Å². The molecule has 32 heavy (non-hydrogen) atoms. The van der Waals surface area contributed by atoms with Gasteiger partial charge in [-0.1, -0.05) is 6.07 Å². The van der Waals surface area contributed by atoms with Crippen molar-refractivity contribution in [2.45, 2.75) is 40.2 Å². The standard InChI is InChI=1S/C22H36N6O3.HI/c1-6-30-19-10-9-18(15-20(19)31-7-2)11-13-24-22(23-12-8-14-29-5)25-16-21-27-26-17(3)28(21)4;/h9-10,15H,6-8,11-14,16H2,1-5H3,(H2,23,24,25);1H. The summed E-state index contributed by atoms with van der Waals surface area (Å²) in [5, 5.41) is 15.0. The van der Waals surface area contributed by atoms with E-state index in [0.717, 1.165) is 55.0 Å². The van der Waals surface area contributed by atoms with E-state index in [4.69, 9.17) is 14.2 Å². The fraction of sp³-hybridized carbons (Fsp3) is 0.591. The van der Waals surface area contributed by atoms with E-state index in [2.05, 4.69) is 31.9 Å². The minimum atomic E-state index is 0. The molecule has 2 aromatic rings. The molecule has 180 valence electrons. The van der Waals surface area contributed by atoms with Crippen LogP contribution in [0.5, 0.6) is 11.5 Å². The third-order valence-electron chi connectivity index (χ3n) is 4.69. The molecule has 10 heteroatoms. The lowest BCUT2D eigenvalue weighted by atomic mass is 10.1. The van der Waals surface area contributed by atoms with Gasteiger partial charge in [-0.05, 0) is 51.3 Å². The average molecular weight is 560 g/mol. The van der Waals surface area contributed by atoms with Gasteiger partial charge in [0.1, 0.15) is 12.4 Å². The largest absolute Gasteiger partial charge is 0.490 e. The van der Waals surface area contributed by atoms with Gasteiger partial charge in [-0.2, -0.15) is 0 Å². The van der Waals surface area contributed by atoms with Crippen molar-refractivity contribution in [3.05, 3.63) is 35.4 Å². The van der Waals surface area contributed by atoms with Crippen LogP contribution in [0.1, 0.15) is 37.5 Å². The monoisotopic (exact) mass is 560 g/mol. The van der Waals surface area contributed by atoms with Gasteiger partial charge in [0.25, 0.3) is 0 Å². The molecule has 0 saturated carbocycles. The molecule has 0 fully saturated rings. The first-order chi connectivity index (χ1) is 15.1. The molecule has 0 atom stereocenters. The number of aromatic nitrogens is 3. The summed E-state index contributed by atoms with van der Waals surface area (Å²) in [5.74, 6) is 4.00. The van der Waals surface area contributed by atoms with Crippen molar-refractivity contribution in [1.82, 2.24) is 25.4 Å². The second-order valence-electron chi connectivity index (χ2n) is 6.98. The number of hydrogen-bond donors (Lipinski definition) is 2. The van der Waals surface area contributed by atoms with Crippen LogP contribution >= 0.6 is 24.0 Å². The number of aliphatic imine (C=N–C) groups is 1. The Labute approximate surface area is 208 Å². The zero-order chi connectivity index (χ0) is 22.5. The number of ether oxygens (including phenoxy) is 3. The molecule has 1 aromatic carbocycles. The van der Waals surface area contributed by atoms with Gasteiger partial charge in [-0.3, -0.25) is 0 Å².